The number of halogens is 1. The zero-order chi connectivity index (χ0) is 28.8. The van der Waals surface area contributed by atoms with E-state index in [4.69, 9.17) is 16.3 Å². The molecule has 0 bridgehead atoms. The summed E-state index contributed by atoms with van der Waals surface area (Å²) in [6.45, 7) is 10.7. The zero-order valence-corrected chi connectivity index (χ0v) is 24.8. The molecule has 4 nitrogen and oxygen atoms in total. The van der Waals surface area contributed by atoms with Gasteiger partial charge >= 0.3 is 5.97 Å². The lowest BCUT2D eigenvalue weighted by Crippen LogP contribution is -2.56. The average molecular weight is 560 g/mol. The molecule has 4 atom stereocenters. The van der Waals surface area contributed by atoms with E-state index in [0.717, 1.165) is 25.7 Å². The molecule has 40 heavy (non-hydrogen) atoms. The molecule has 212 valence electrons. The van der Waals surface area contributed by atoms with Crippen LogP contribution in [0.5, 0.6) is 0 Å². The van der Waals surface area contributed by atoms with Crippen molar-refractivity contribution in [1.29, 1.82) is 0 Å². The first-order valence-electron chi connectivity index (χ1n) is 14.5. The summed E-state index contributed by atoms with van der Waals surface area (Å²) >= 11 is 5.96. The van der Waals surface area contributed by atoms with Gasteiger partial charge in [0.15, 0.2) is 5.54 Å². The third-order valence-corrected chi connectivity index (χ3v) is 9.04. The summed E-state index contributed by atoms with van der Waals surface area (Å²) in [6, 6.07) is 24.0. The first kappa shape index (κ1) is 29.9. The van der Waals surface area contributed by atoms with Gasteiger partial charge in [0.25, 0.3) is 5.91 Å². The van der Waals surface area contributed by atoms with E-state index in [1.54, 1.807) is 30.3 Å². The van der Waals surface area contributed by atoms with Crippen molar-refractivity contribution in [2.24, 2.45) is 11.8 Å². The van der Waals surface area contributed by atoms with E-state index in [2.05, 4.69) is 75.1 Å². The Morgan fingerprint density at radius 2 is 1.70 bits per heavy atom. The first-order chi connectivity index (χ1) is 19.2. The van der Waals surface area contributed by atoms with Gasteiger partial charge in [0, 0.05) is 17.4 Å². The third kappa shape index (κ3) is 6.61. The number of hydrogen-bond acceptors (Lipinski definition) is 3. The minimum Gasteiger partial charge on any atom is -0.460 e. The fourth-order valence-corrected chi connectivity index (χ4v) is 6.33. The lowest BCUT2D eigenvalue weighted by molar-refractivity contribution is -0.162. The van der Waals surface area contributed by atoms with Crippen molar-refractivity contribution in [3.63, 3.8) is 0 Å². The Bertz CT molecular complexity index is 1320. The van der Waals surface area contributed by atoms with Gasteiger partial charge in [-0.3, -0.25) is 4.79 Å². The Morgan fingerprint density at radius 3 is 2.40 bits per heavy atom. The van der Waals surface area contributed by atoms with Crippen LogP contribution in [0.3, 0.4) is 0 Å². The van der Waals surface area contributed by atoms with E-state index in [1.807, 2.05) is 6.07 Å². The molecule has 0 spiro atoms. The topological polar surface area (TPSA) is 55.4 Å². The number of alkyl halides is 1. The third-order valence-electron chi connectivity index (χ3n) is 8.77. The number of ether oxygens (including phenoxy) is 1. The van der Waals surface area contributed by atoms with E-state index in [0.29, 0.717) is 30.2 Å². The van der Waals surface area contributed by atoms with Crippen LogP contribution in [-0.2, 0) is 14.9 Å². The molecule has 3 aromatic carbocycles. The minimum atomic E-state index is -1.34. The lowest BCUT2D eigenvalue weighted by atomic mass is 9.64. The molecule has 1 aliphatic rings. The Balaban J connectivity index is 1.62. The van der Waals surface area contributed by atoms with Crippen LogP contribution in [-0.4, -0.2) is 29.4 Å². The van der Waals surface area contributed by atoms with Gasteiger partial charge < -0.3 is 10.1 Å². The summed E-state index contributed by atoms with van der Waals surface area (Å²) in [5.74, 6) is 0.281. The Morgan fingerprint density at radius 1 is 1.00 bits per heavy atom. The maximum atomic E-state index is 14.1. The summed E-state index contributed by atoms with van der Waals surface area (Å²) in [5.41, 5.74) is 0.164. The number of unbranched alkanes of at least 4 members (excludes halogenated alkanes) is 1. The summed E-state index contributed by atoms with van der Waals surface area (Å²) < 4.78 is 6.44. The second kappa shape index (κ2) is 13.0. The van der Waals surface area contributed by atoms with Crippen LogP contribution in [0.15, 0.2) is 85.5 Å². The van der Waals surface area contributed by atoms with E-state index < -0.39 is 11.5 Å². The standard InChI is InChI=1S/C35H42ClNO3/c1-5-35(21-11-12-22-36,37-32(38)27-14-7-6-8-15-27)33(39)40-31-23-25(2)17-20-30(31)34(3,4)29-19-18-26-13-9-10-16-28(26)24-29/h5-10,13-16,18-19,24-25,30-31H,1,11-12,17,20-23H2,2-4H3,(H,37,38)/t25-,30-,31-,35+/m1/s1. The highest BCUT2D eigenvalue weighted by Gasteiger charge is 2.45. The Labute approximate surface area is 244 Å². The maximum absolute atomic E-state index is 14.1. The van der Waals surface area contributed by atoms with Crippen LogP contribution >= 0.6 is 11.6 Å². The largest absolute Gasteiger partial charge is 0.460 e. The molecule has 1 fully saturated rings. The van der Waals surface area contributed by atoms with E-state index in [9.17, 15) is 9.59 Å². The van der Waals surface area contributed by atoms with Crippen LogP contribution in [0.2, 0.25) is 0 Å². The number of carbonyl (C=O) groups is 2. The highest BCUT2D eigenvalue weighted by Crippen LogP contribution is 2.44. The van der Waals surface area contributed by atoms with Crippen molar-refractivity contribution in [1.82, 2.24) is 5.32 Å². The van der Waals surface area contributed by atoms with E-state index >= 15 is 0 Å². The van der Waals surface area contributed by atoms with Crippen LogP contribution < -0.4 is 5.32 Å². The monoisotopic (exact) mass is 559 g/mol. The van der Waals surface area contributed by atoms with Crippen molar-refractivity contribution in [2.75, 3.05) is 5.88 Å². The first-order valence-corrected chi connectivity index (χ1v) is 15.0. The summed E-state index contributed by atoms with van der Waals surface area (Å²) in [4.78, 5) is 27.3. The quantitative estimate of drug-likeness (QED) is 0.111. The second-order valence-electron chi connectivity index (χ2n) is 11.9. The highest BCUT2D eigenvalue weighted by atomic mass is 35.5. The maximum Gasteiger partial charge on any atom is 0.336 e. The molecule has 0 heterocycles. The molecule has 1 N–H and O–H groups in total. The number of hydrogen-bond donors (Lipinski definition) is 1. The molecule has 0 unspecified atom stereocenters. The van der Waals surface area contributed by atoms with Gasteiger partial charge in [0.2, 0.25) is 0 Å². The molecule has 1 amide bonds. The molecule has 0 aliphatic heterocycles. The van der Waals surface area contributed by atoms with Crippen LogP contribution in [0, 0.1) is 11.8 Å². The van der Waals surface area contributed by atoms with Crippen molar-refractivity contribution >= 4 is 34.2 Å². The highest BCUT2D eigenvalue weighted by molar-refractivity contribution is 6.17. The Kier molecular flexibility index (Phi) is 9.73. The molecule has 5 heteroatoms. The Hall–Kier alpha value is -3.11. The predicted octanol–water partition coefficient (Wildman–Crippen LogP) is 8.23. The zero-order valence-electron chi connectivity index (χ0n) is 24.0. The van der Waals surface area contributed by atoms with Crippen LogP contribution in [0.25, 0.3) is 10.8 Å². The van der Waals surface area contributed by atoms with Crippen molar-refractivity contribution in [3.8, 4) is 0 Å². The van der Waals surface area contributed by atoms with E-state index in [1.165, 1.54) is 16.3 Å². The second-order valence-corrected chi connectivity index (χ2v) is 12.3. The van der Waals surface area contributed by atoms with E-state index in [-0.39, 0.29) is 23.3 Å². The minimum absolute atomic E-state index is 0.129. The molecule has 0 saturated heterocycles. The van der Waals surface area contributed by atoms with Gasteiger partial charge in [-0.2, -0.15) is 0 Å². The number of esters is 1. The summed E-state index contributed by atoms with van der Waals surface area (Å²) in [6.07, 6.45) is 5.86. The van der Waals surface area contributed by atoms with Gasteiger partial charge in [0.05, 0.1) is 0 Å². The van der Waals surface area contributed by atoms with Gasteiger partial charge in [-0.25, -0.2) is 4.79 Å². The molecule has 0 radical (unpaired) electrons. The summed E-state index contributed by atoms with van der Waals surface area (Å²) in [7, 11) is 0. The SMILES string of the molecule is C=C[C@@](CCCCCl)(NC(=O)c1ccccc1)C(=O)O[C@@H]1C[C@H](C)CC[C@H]1C(C)(C)c1ccc2ccccc2c1. The predicted molar refractivity (Wildman–Crippen MR) is 165 cm³/mol. The average Bonchev–Trinajstić information content (AvgIpc) is 2.96. The molecular weight excluding hydrogens is 518 g/mol. The van der Waals surface area contributed by atoms with Crippen LogP contribution in [0.4, 0.5) is 0 Å². The van der Waals surface area contributed by atoms with Gasteiger partial charge in [-0.15, -0.1) is 18.2 Å². The fourth-order valence-electron chi connectivity index (χ4n) is 6.15. The fraction of sp³-hybridized carbons (Fsp3) is 0.429. The van der Waals surface area contributed by atoms with Gasteiger partial charge in [0.1, 0.15) is 6.10 Å². The number of benzene rings is 3. The molecule has 4 rings (SSSR count). The molecule has 1 aliphatic carbocycles. The van der Waals surface area contributed by atoms with Crippen molar-refractivity contribution in [2.45, 2.75) is 76.4 Å². The van der Waals surface area contributed by atoms with Gasteiger partial charge in [-0.1, -0.05) is 93.9 Å². The molecule has 3 aromatic rings. The van der Waals surface area contributed by atoms with Crippen molar-refractivity contribution in [3.05, 3.63) is 96.6 Å². The van der Waals surface area contributed by atoms with Crippen molar-refractivity contribution < 1.29 is 14.3 Å². The smallest absolute Gasteiger partial charge is 0.336 e. The number of fused-ring (bicyclic) bond motifs is 1. The molecular formula is C35H42ClNO3. The number of amides is 1. The van der Waals surface area contributed by atoms with Gasteiger partial charge in [-0.05, 0) is 71.9 Å². The molecule has 1 saturated carbocycles. The number of nitrogens with one attached hydrogen (secondary N) is 1. The van der Waals surface area contributed by atoms with Crippen LogP contribution in [0.1, 0.15) is 75.2 Å². The summed E-state index contributed by atoms with van der Waals surface area (Å²) in [5, 5.41) is 5.41. The number of carbonyl (C=O) groups excluding carboxylic acids is 2. The lowest BCUT2D eigenvalue weighted by Gasteiger charge is -2.45. The number of rotatable bonds is 11. The normalized spacial score (nSPS) is 20.9. The molecule has 0 aromatic heterocycles.